The van der Waals surface area contributed by atoms with Crippen molar-refractivity contribution in [1.82, 2.24) is 10.6 Å². The van der Waals surface area contributed by atoms with Crippen LogP contribution in [0.2, 0.25) is 0 Å². The molecule has 0 spiro atoms. The Balaban J connectivity index is 0. The Morgan fingerprint density at radius 2 is 1.47 bits per heavy atom. The lowest BCUT2D eigenvalue weighted by Crippen LogP contribution is -2.36. The fourth-order valence-electron chi connectivity index (χ4n) is 1.27. The van der Waals surface area contributed by atoms with Crippen LogP contribution in [0.15, 0.2) is 30.3 Å². The van der Waals surface area contributed by atoms with E-state index >= 15 is 0 Å². The molecule has 1 aromatic carbocycles. The van der Waals surface area contributed by atoms with E-state index in [1.807, 2.05) is 52.8 Å². The molecule has 2 amide bonds. The number of carbonyl (C=O) groups excluding carboxylic acids is 1. The summed E-state index contributed by atoms with van der Waals surface area (Å²) in [5, 5.41) is 5.58. The predicted molar refractivity (Wildman–Crippen MR) is 84.5 cm³/mol. The van der Waals surface area contributed by atoms with E-state index in [0.717, 1.165) is 19.4 Å². The Morgan fingerprint density at radius 3 is 2.00 bits per heavy atom. The number of benzene rings is 1. The van der Waals surface area contributed by atoms with Gasteiger partial charge in [-0.25, -0.2) is 4.79 Å². The van der Waals surface area contributed by atoms with Crippen LogP contribution in [0.25, 0.3) is 0 Å². The average Bonchev–Trinajstić information content (AvgIpc) is 2.50. The van der Waals surface area contributed by atoms with Crippen LogP contribution < -0.4 is 10.6 Å². The van der Waals surface area contributed by atoms with Crippen LogP contribution in [0, 0.1) is 0 Å². The van der Waals surface area contributed by atoms with E-state index in [0.29, 0.717) is 6.54 Å². The summed E-state index contributed by atoms with van der Waals surface area (Å²) in [7, 11) is 0. The first-order valence-electron chi connectivity index (χ1n) is 7.38. The molecule has 0 saturated carbocycles. The molecule has 0 saturated heterocycles. The minimum atomic E-state index is -0.0761. The van der Waals surface area contributed by atoms with Crippen molar-refractivity contribution in [2.24, 2.45) is 0 Å². The van der Waals surface area contributed by atoms with Crippen LogP contribution in [-0.2, 0) is 6.42 Å². The highest BCUT2D eigenvalue weighted by atomic mass is 16.2. The molecule has 0 aliphatic carbocycles. The number of carbonyl (C=O) groups is 1. The van der Waals surface area contributed by atoms with Crippen LogP contribution in [0.1, 0.15) is 46.6 Å². The molecular formula is C16H30N2O. The van der Waals surface area contributed by atoms with Gasteiger partial charge in [0.1, 0.15) is 0 Å². The minimum absolute atomic E-state index is 0.0761. The third-order valence-electron chi connectivity index (χ3n) is 2.08. The van der Waals surface area contributed by atoms with Gasteiger partial charge in [0, 0.05) is 13.1 Å². The smallest absolute Gasteiger partial charge is 0.314 e. The molecule has 3 nitrogen and oxygen atoms in total. The van der Waals surface area contributed by atoms with E-state index in [-0.39, 0.29) is 6.03 Å². The van der Waals surface area contributed by atoms with Crippen LogP contribution in [0.5, 0.6) is 0 Å². The summed E-state index contributed by atoms with van der Waals surface area (Å²) in [6.45, 7) is 11.4. The van der Waals surface area contributed by atoms with Crippen LogP contribution >= 0.6 is 0 Å². The van der Waals surface area contributed by atoms with E-state index in [1.54, 1.807) is 0 Å². The highest BCUT2D eigenvalue weighted by Gasteiger charge is 1.97. The molecule has 0 bridgehead atoms. The van der Waals surface area contributed by atoms with Gasteiger partial charge in [0.2, 0.25) is 0 Å². The highest BCUT2D eigenvalue weighted by molar-refractivity contribution is 5.73. The van der Waals surface area contributed by atoms with E-state index in [2.05, 4.69) is 22.8 Å². The summed E-state index contributed by atoms with van der Waals surface area (Å²) in [6.07, 6.45) is 1.84. The van der Waals surface area contributed by atoms with Gasteiger partial charge in [0.25, 0.3) is 0 Å². The zero-order chi connectivity index (χ0) is 14.9. The van der Waals surface area contributed by atoms with Gasteiger partial charge in [-0.3, -0.25) is 0 Å². The topological polar surface area (TPSA) is 41.1 Å². The van der Waals surface area contributed by atoms with E-state index < -0.39 is 0 Å². The third kappa shape index (κ3) is 12.7. The maximum Gasteiger partial charge on any atom is 0.314 e. The number of hydrogen-bond acceptors (Lipinski definition) is 1. The zero-order valence-corrected chi connectivity index (χ0v) is 13.1. The SMILES string of the molecule is CC.CC.CCCNC(=O)NCCc1ccccc1. The monoisotopic (exact) mass is 266 g/mol. The first-order valence-corrected chi connectivity index (χ1v) is 7.38. The van der Waals surface area contributed by atoms with Crippen LogP contribution in [0.4, 0.5) is 4.79 Å². The lowest BCUT2D eigenvalue weighted by atomic mass is 10.1. The van der Waals surface area contributed by atoms with Crippen LogP contribution in [-0.4, -0.2) is 19.1 Å². The van der Waals surface area contributed by atoms with Crippen molar-refractivity contribution in [2.45, 2.75) is 47.5 Å². The molecule has 0 heterocycles. The second-order valence-corrected chi connectivity index (χ2v) is 3.42. The fourth-order valence-corrected chi connectivity index (χ4v) is 1.27. The lowest BCUT2D eigenvalue weighted by Gasteiger charge is -2.06. The molecule has 0 aromatic heterocycles. The molecule has 0 fully saturated rings. The molecule has 19 heavy (non-hydrogen) atoms. The maximum absolute atomic E-state index is 11.2. The summed E-state index contributed by atoms with van der Waals surface area (Å²) in [4.78, 5) is 11.2. The van der Waals surface area contributed by atoms with Crippen LogP contribution in [0.3, 0.4) is 0 Å². The van der Waals surface area contributed by atoms with Gasteiger partial charge in [-0.1, -0.05) is 65.0 Å². The van der Waals surface area contributed by atoms with Gasteiger partial charge in [-0.15, -0.1) is 0 Å². The Kier molecular flexibility index (Phi) is 17.2. The average molecular weight is 266 g/mol. The molecule has 1 aromatic rings. The minimum Gasteiger partial charge on any atom is -0.338 e. The van der Waals surface area contributed by atoms with Gasteiger partial charge in [0.15, 0.2) is 0 Å². The van der Waals surface area contributed by atoms with Crippen molar-refractivity contribution < 1.29 is 4.79 Å². The Bertz CT molecular complexity index is 286. The number of amides is 2. The standard InChI is InChI=1S/C12H18N2O.2C2H6/c1-2-9-13-12(15)14-10-8-11-6-4-3-5-7-11;2*1-2/h3-7H,2,8-10H2,1H3,(H2,13,14,15);2*1-2H3. The fraction of sp³-hybridized carbons (Fsp3) is 0.562. The Hall–Kier alpha value is -1.51. The third-order valence-corrected chi connectivity index (χ3v) is 2.08. The normalized spacial score (nSPS) is 8.26. The summed E-state index contributed by atoms with van der Waals surface area (Å²) in [5.41, 5.74) is 1.24. The maximum atomic E-state index is 11.2. The molecule has 0 atom stereocenters. The molecule has 0 unspecified atom stereocenters. The number of nitrogens with one attached hydrogen (secondary N) is 2. The molecule has 0 aliphatic rings. The van der Waals surface area contributed by atoms with Gasteiger partial charge >= 0.3 is 6.03 Å². The quantitative estimate of drug-likeness (QED) is 0.831. The highest BCUT2D eigenvalue weighted by Crippen LogP contribution is 1.97. The molecule has 2 N–H and O–H groups in total. The molecular weight excluding hydrogens is 236 g/mol. The summed E-state index contributed by atoms with van der Waals surface area (Å²) in [6, 6.07) is 10.0. The van der Waals surface area contributed by atoms with E-state index in [4.69, 9.17) is 0 Å². The van der Waals surface area contributed by atoms with Crippen molar-refractivity contribution in [3.63, 3.8) is 0 Å². The van der Waals surface area contributed by atoms with E-state index in [9.17, 15) is 4.79 Å². The lowest BCUT2D eigenvalue weighted by molar-refractivity contribution is 0.241. The van der Waals surface area contributed by atoms with Gasteiger partial charge in [0.05, 0.1) is 0 Å². The predicted octanol–water partition coefficient (Wildman–Crippen LogP) is 3.99. The molecule has 3 heteroatoms. The Labute approximate surface area is 118 Å². The molecule has 1 rings (SSSR count). The summed E-state index contributed by atoms with van der Waals surface area (Å²) < 4.78 is 0. The first-order chi connectivity index (χ1) is 9.33. The summed E-state index contributed by atoms with van der Waals surface area (Å²) >= 11 is 0. The number of urea groups is 1. The van der Waals surface area contributed by atoms with Crippen molar-refractivity contribution in [2.75, 3.05) is 13.1 Å². The summed E-state index contributed by atoms with van der Waals surface area (Å²) in [5.74, 6) is 0. The van der Waals surface area contributed by atoms with Gasteiger partial charge < -0.3 is 10.6 Å². The van der Waals surface area contributed by atoms with Crippen molar-refractivity contribution >= 4 is 6.03 Å². The van der Waals surface area contributed by atoms with E-state index in [1.165, 1.54) is 5.56 Å². The largest absolute Gasteiger partial charge is 0.338 e. The van der Waals surface area contributed by atoms with Gasteiger partial charge in [-0.2, -0.15) is 0 Å². The molecule has 110 valence electrons. The van der Waals surface area contributed by atoms with Crippen molar-refractivity contribution in [1.29, 1.82) is 0 Å². The van der Waals surface area contributed by atoms with Crippen molar-refractivity contribution in [3.05, 3.63) is 35.9 Å². The molecule has 0 radical (unpaired) electrons. The zero-order valence-electron chi connectivity index (χ0n) is 13.1. The Morgan fingerprint density at radius 1 is 0.947 bits per heavy atom. The molecule has 0 aliphatic heterocycles. The first kappa shape index (κ1) is 19.8. The number of hydrogen-bond donors (Lipinski definition) is 2. The number of rotatable bonds is 5. The second kappa shape index (κ2) is 16.5. The van der Waals surface area contributed by atoms with Gasteiger partial charge in [-0.05, 0) is 18.4 Å². The second-order valence-electron chi connectivity index (χ2n) is 3.42. The van der Waals surface area contributed by atoms with Crippen molar-refractivity contribution in [3.8, 4) is 0 Å².